The molecule has 0 aromatic carbocycles. The normalized spacial score (nSPS) is 14.4. The van der Waals surface area contributed by atoms with Crippen LogP contribution in [0, 0.1) is 0 Å². The molecule has 1 aromatic rings. The van der Waals surface area contributed by atoms with Crippen LogP contribution in [0.25, 0.3) is 0 Å². The summed E-state index contributed by atoms with van der Waals surface area (Å²) < 4.78 is 1.52. The third-order valence-electron chi connectivity index (χ3n) is 2.49. The van der Waals surface area contributed by atoms with E-state index < -0.39 is 0 Å². The maximum atomic E-state index is 11.5. The van der Waals surface area contributed by atoms with Gasteiger partial charge in [-0.05, 0) is 12.8 Å². The molecule has 1 aliphatic carbocycles. The Morgan fingerprint density at radius 2 is 2.24 bits per heavy atom. The van der Waals surface area contributed by atoms with Crippen molar-refractivity contribution in [3.8, 4) is 0 Å². The van der Waals surface area contributed by atoms with Gasteiger partial charge in [-0.3, -0.25) is 14.3 Å². The van der Waals surface area contributed by atoms with Gasteiger partial charge < -0.3 is 10.6 Å². The first-order chi connectivity index (χ1) is 8.17. The number of hydrogen-bond acceptors (Lipinski definition) is 3. The van der Waals surface area contributed by atoms with Gasteiger partial charge in [-0.1, -0.05) is 6.92 Å². The van der Waals surface area contributed by atoms with Crippen LogP contribution in [0.15, 0.2) is 12.4 Å². The largest absolute Gasteiger partial charge is 0.352 e. The fourth-order valence-corrected chi connectivity index (χ4v) is 1.41. The molecule has 92 valence electrons. The molecule has 0 atom stereocenters. The Hall–Kier alpha value is -1.85. The molecule has 1 heterocycles. The molecular formula is C11H16N4O2. The third kappa shape index (κ3) is 3.58. The van der Waals surface area contributed by atoms with Crippen molar-refractivity contribution in [3.63, 3.8) is 0 Å². The van der Waals surface area contributed by atoms with Gasteiger partial charge in [0.05, 0.1) is 11.9 Å². The molecule has 6 heteroatoms. The maximum Gasteiger partial charge on any atom is 0.241 e. The van der Waals surface area contributed by atoms with Crippen LogP contribution in [-0.4, -0.2) is 27.6 Å². The summed E-state index contributed by atoms with van der Waals surface area (Å²) in [4.78, 5) is 22.6. The van der Waals surface area contributed by atoms with E-state index in [-0.39, 0.29) is 18.4 Å². The highest BCUT2D eigenvalue weighted by Crippen LogP contribution is 2.18. The van der Waals surface area contributed by atoms with Crippen LogP contribution < -0.4 is 10.6 Å². The molecule has 0 spiro atoms. The zero-order valence-electron chi connectivity index (χ0n) is 9.77. The number of anilines is 1. The second-order valence-electron chi connectivity index (χ2n) is 4.17. The zero-order valence-corrected chi connectivity index (χ0v) is 9.77. The van der Waals surface area contributed by atoms with Crippen LogP contribution in [0.1, 0.15) is 26.2 Å². The second-order valence-corrected chi connectivity index (χ2v) is 4.17. The van der Waals surface area contributed by atoms with Crippen molar-refractivity contribution in [2.75, 3.05) is 5.32 Å². The number of carbonyl (C=O) groups is 2. The van der Waals surface area contributed by atoms with Crippen molar-refractivity contribution in [1.29, 1.82) is 0 Å². The summed E-state index contributed by atoms with van der Waals surface area (Å²) in [6.07, 6.45) is 5.76. The van der Waals surface area contributed by atoms with Crippen LogP contribution in [-0.2, 0) is 16.1 Å². The highest BCUT2D eigenvalue weighted by atomic mass is 16.2. The number of aromatic nitrogens is 2. The monoisotopic (exact) mass is 236 g/mol. The molecule has 0 bridgehead atoms. The summed E-state index contributed by atoms with van der Waals surface area (Å²) in [5.41, 5.74) is 0.621. The van der Waals surface area contributed by atoms with E-state index >= 15 is 0 Å². The molecule has 2 N–H and O–H groups in total. The van der Waals surface area contributed by atoms with E-state index in [1.165, 1.54) is 10.9 Å². The topological polar surface area (TPSA) is 76.0 Å². The van der Waals surface area contributed by atoms with Gasteiger partial charge in [0.15, 0.2) is 0 Å². The highest BCUT2D eigenvalue weighted by Gasteiger charge is 2.23. The van der Waals surface area contributed by atoms with Crippen LogP contribution >= 0.6 is 0 Å². The SMILES string of the molecule is CCC(=O)Nc1cnn(CC(=O)NC2CC2)c1. The Labute approximate surface area is 99.4 Å². The Balaban J connectivity index is 1.84. The molecule has 1 fully saturated rings. The number of nitrogens with one attached hydrogen (secondary N) is 2. The lowest BCUT2D eigenvalue weighted by Gasteiger charge is -2.02. The molecule has 1 saturated carbocycles. The fourth-order valence-electron chi connectivity index (χ4n) is 1.41. The molecule has 1 aliphatic rings. The molecule has 6 nitrogen and oxygen atoms in total. The Morgan fingerprint density at radius 1 is 1.47 bits per heavy atom. The molecule has 0 unspecified atom stereocenters. The van der Waals surface area contributed by atoms with Crippen molar-refractivity contribution < 1.29 is 9.59 Å². The van der Waals surface area contributed by atoms with E-state index in [1.807, 2.05) is 0 Å². The Bertz CT molecular complexity index is 423. The lowest BCUT2D eigenvalue weighted by atomic mass is 10.4. The van der Waals surface area contributed by atoms with E-state index in [2.05, 4.69) is 15.7 Å². The van der Waals surface area contributed by atoms with Gasteiger partial charge in [0.2, 0.25) is 11.8 Å². The minimum Gasteiger partial charge on any atom is -0.352 e. The van der Waals surface area contributed by atoms with Crippen molar-refractivity contribution >= 4 is 17.5 Å². The van der Waals surface area contributed by atoms with Crippen LogP contribution in [0.3, 0.4) is 0 Å². The van der Waals surface area contributed by atoms with Crippen molar-refractivity contribution in [2.45, 2.75) is 38.8 Å². The zero-order chi connectivity index (χ0) is 12.3. The summed E-state index contributed by atoms with van der Waals surface area (Å²) in [6, 6.07) is 0.359. The van der Waals surface area contributed by atoms with Crippen molar-refractivity contribution in [3.05, 3.63) is 12.4 Å². The fraction of sp³-hybridized carbons (Fsp3) is 0.545. The van der Waals surface area contributed by atoms with Gasteiger partial charge >= 0.3 is 0 Å². The van der Waals surface area contributed by atoms with Gasteiger partial charge in [0.25, 0.3) is 0 Å². The minimum absolute atomic E-state index is 0.0380. The summed E-state index contributed by atoms with van der Waals surface area (Å²) in [5, 5.41) is 9.57. The van der Waals surface area contributed by atoms with E-state index in [1.54, 1.807) is 13.1 Å². The minimum atomic E-state index is -0.0630. The summed E-state index contributed by atoms with van der Waals surface area (Å²) in [6.45, 7) is 1.97. The molecule has 2 amide bonds. The smallest absolute Gasteiger partial charge is 0.241 e. The first-order valence-electron chi connectivity index (χ1n) is 5.79. The molecule has 0 saturated heterocycles. The number of rotatable bonds is 5. The summed E-state index contributed by atoms with van der Waals surface area (Å²) >= 11 is 0. The average Bonchev–Trinajstić information content (AvgIpc) is 2.99. The standard InChI is InChI=1S/C11H16N4O2/c1-2-10(16)14-9-5-12-15(6-9)7-11(17)13-8-3-4-8/h5-6,8H,2-4,7H2,1H3,(H,13,17)(H,14,16). The molecule has 0 radical (unpaired) electrons. The Kier molecular flexibility index (Phi) is 3.41. The average molecular weight is 236 g/mol. The van der Waals surface area contributed by atoms with Gasteiger partial charge in [-0.25, -0.2) is 0 Å². The van der Waals surface area contributed by atoms with Crippen LogP contribution in [0.5, 0.6) is 0 Å². The molecule has 17 heavy (non-hydrogen) atoms. The van der Waals surface area contributed by atoms with E-state index in [0.29, 0.717) is 18.2 Å². The number of carbonyl (C=O) groups excluding carboxylic acids is 2. The molecule has 1 aromatic heterocycles. The van der Waals surface area contributed by atoms with Gasteiger partial charge in [0.1, 0.15) is 6.54 Å². The van der Waals surface area contributed by atoms with Crippen LogP contribution in [0.2, 0.25) is 0 Å². The predicted octanol–water partition coefficient (Wildman–Crippen LogP) is 0.510. The molecule has 0 aliphatic heterocycles. The van der Waals surface area contributed by atoms with Crippen LogP contribution in [0.4, 0.5) is 5.69 Å². The van der Waals surface area contributed by atoms with E-state index in [0.717, 1.165) is 12.8 Å². The number of nitrogens with zero attached hydrogens (tertiary/aromatic N) is 2. The summed E-state index contributed by atoms with van der Waals surface area (Å²) in [7, 11) is 0. The number of amides is 2. The lowest BCUT2D eigenvalue weighted by Crippen LogP contribution is -2.29. The quantitative estimate of drug-likeness (QED) is 0.782. The number of hydrogen-bond donors (Lipinski definition) is 2. The molecular weight excluding hydrogens is 220 g/mol. The van der Waals surface area contributed by atoms with E-state index in [9.17, 15) is 9.59 Å². The van der Waals surface area contributed by atoms with Crippen molar-refractivity contribution in [1.82, 2.24) is 15.1 Å². The van der Waals surface area contributed by atoms with Gasteiger partial charge in [-0.2, -0.15) is 5.10 Å². The lowest BCUT2D eigenvalue weighted by molar-refractivity contribution is -0.122. The van der Waals surface area contributed by atoms with E-state index in [4.69, 9.17) is 0 Å². The Morgan fingerprint density at radius 3 is 2.88 bits per heavy atom. The first kappa shape index (κ1) is 11.6. The first-order valence-corrected chi connectivity index (χ1v) is 5.79. The highest BCUT2D eigenvalue weighted by molar-refractivity contribution is 5.90. The van der Waals surface area contributed by atoms with Crippen molar-refractivity contribution in [2.24, 2.45) is 0 Å². The molecule has 2 rings (SSSR count). The van der Waals surface area contributed by atoms with Gasteiger partial charge in [0, 0.05) is 18.7 Å². The summed E-state index contributed by atoms with van der Waals surface area (Å²) in [5.74, 6) is -0.101. The third-order valence-corrected chi connectivity index (χ3v) is 2.49. The van der Waals surface area contributed by atoms with Gasteiger partial charge in [-0.15, -0.1) is 0 Å². The second kappa shape index (κ2) is 4.99. The maximum absolute atomic E-state index is 11.5. The predicted molar refractivity (Wildman–Crippen MR) is 62.3 cm³/mol.